The van der Waals surface area contributed by atoms with E-state index in [-0.39, 0.29) is 12.1 Å². The number of carbonyl (C=O) groups is 1. The summed E-state index contributed by atoms with van der Waals surface area (Å²) in [6, 6.07) is 0. The zero-order chi connectivity index (χ0) is 11.3. The minimum absolute atomic E-state index is 0.206. The lowest BCUT2D eigenvalue weighted by atomic mass is 9.99. The van der Waals surface area contributed by atoms with Crippen LogP contribution in [0.5, 0.6) is 0 Å². The molecule has 4 nitrogen and oxygen atoms in total. The molecule has 1 rings (SSSR count). The van der Waals surface area contributed by atoms with Crippen LogP contribution in [-0.2, 0) is 14.3 Å². The van der Waals surface area contributed by atoms with E-state index in [2.05, 4.69) is 5.32 Å². The number of rotatable bonds is 5. The maximum absolute atomic E-state index is 11.5. The summed E-state index contributed by atoms with van der Waals surface area (Å²) in [7, 11) is 1.42. The van der Waals surface area contributed by atoms with Gasteiger partial charge in [0, 0.05) is 13.2 Å². The SMILES string of the molecule is CC[C@@](C)(NC[C@@H]1CCCO1)C(=O)OC. The van der Waals surface area contributed by atoms with Gasteiger partial charge in [0.05, 0.1) is 13.2 Å². The highest BCUT2D eigenvalue weighted by molar-refractivity contribution is 5.80. The third kappa shape index (κ3) is 3.18. The standard InChI is InChI=1S/C11H21NO3/c1-4-11(2,10(13)14-3)12-8-9-6-5-7-15-9/h9,12H,4-8H2,1-3H3/t9-,11+/m0/s1. The fourth-order valence-electron chi connectivity index (χ4n) is 1.71. The number of nitrogens with one attached hydrogen (secondary N) is 1. The highest BCUT2D eigenvalue weighted by atomic mass is 16.5. The van der Waals surface area contributed by atoms with Crippen molar-refractivity contribution in [3.05, 3.63) is 0 Å². The Morgan fingerprint density at radius 2 is 2.40 bits per heavy atom. The summed E-state index contributed by atoms with van der Waals surface area (Å²) in [4.78, 5) is 11.5. The molecule has 1 saturated heterocycles. The Hall–Kier alpha value is -0.610. The number of carbonyl (C=O) groups excluding carboxylic acids is 1. The summed E-state index contributed by atoms with van der Waals surface area (Å²) in [6.45, 7) is 5.40. The molecule has 0 aromatic rings. The fraction of sp³-hybridized carbons (Fsp3) is 0.909. The lowest BCUT2D eigenvalue weighted by molar-refractivity contribution is -0.148. The smallest absolute Gasteiger partial charge is 0.325 e. The van der Waals surface area contributed by atoms with Crippen molar-refractivity contribution in [3.63, 3.8) is 0 Å². The summed E-state index contributed by atoms with van der Waals surface area (Å²) in [6.07, 6.45) is 3.16. The normalized spacial score (nSPS) is 24.9. The minimum Gasteiger partial charge on any atom is -0.468 e. The van der Waals surface area contributed by atoms with Gasteiger partial charge in [-0.2, -0.15) is 0 Å². The molecule has 2 atom stereocenters. The van der Waals surface area contributed by atoms with Crippen LogP contribution >= 0.6 is 0 Å². The maximum atomic E-state index is 11.5. The van der Waals surface area contributed by atoms with Crippen LogP contribution in [-0.4, -0.2) is 37.9 Å². The van der Waals surface area contributed by atoms with E-state index < -0.39 is 5.54 Å². The predicted molar refractivity (Wildman–Crippen MR) is 57.7 cm³/mol. The van der Waals surface area contributed by atoms with Crippen LogP contribution in [0.25, 0.3) is 0 Å². The molecule has 4 heteroatoms. The van der Waals surface area contributed by atoms with Gasteiger partial charge in [-0.1, -0.05) is 6.92 Å². The summed E-state index contributed by atoms with van der Waals surface area (Å²) < 4.78 is 10.3. The quantitative estimate of drug-likeness (QED) is 0.698. The monoisotopic (exact) mass is 215 g/mol. The maximum Gasteiger partial charge on any atom is 0.325 e. The molecule has 1 aliphatic rings. The fourth-order valence-corrected chi connectivity index (χ4v) is 1.71. The molecule has 1 N–H and O–H groups in total. The topological polar surface area (TPSA) is 47.6 Å². The predicted octanol–water partition coefficient (Wildman–Crippen LogP) is 1.10. The van der Waals surface area contributed by atoms with Crippen molar-refractivity contribution in [1.29, 1.82) is 0 Å². The third-order valence-electron chi connectivity index (χ3n) is 3.09. The molecule has 0 spiro atoms. The molecule has 0 aliphatic carbocycles. The van der Waals surface area contributed by atoms with Crippen molar-refractivity contribution in [2.24, 2.45) is 0 Å². The molecule has 0 radical (unpaired) electrons. The lowest BCUT2D eigenvalue weighted by Crippen LogP contribution is -2.51. The lowest BCUT2D eigenvalue weighted by Gasteiger charge is -2.27. The highest BCUT2D eigenvalue weighted by Crippen LogP contribution is 2.15. The van der Waals surface area contributed by atoms with Gasteiger partial charge in [-0.15, -0.1) is 0 Å². The van der Waals surface area contributed by atoms with Gasteiger partial charge in [-0.25, -0.2) is 0 Å². The highest BCUT2D eigenvalue weighted by Gasteiger charge is 2.32. The summed E-state index contributed by atoms with van der Waals surface area (Å²) in [5.74, 6) is -0.206. The first-order valence-corrected chi connectivity index (χ1v) is 5.57. The van der Waals surface area contributed by atoms with Gasteiger partial charge in [0.2, 0.25) is 0 Å². The number of hydrogen-bond donors (Lipinski definition) is 1. The van der Waals surface area contributed by atoms with Crippen LogP contribution in [0.3, 0.4) is 0 Å². The number of esters is 1. The van der Waals surface area contributed by atoms with Crippen LogP contribution in [0.2, 0.25) is 0 Å². The number of methoxy groups -OCH3 is 1. The second kappa shape index (κ2) is 5.47. The molecule has 15 heavy (non-hydrogen) atoms. The Labute approximate surface area is 91.3 Å². The number of hydrogen-bond acceptors (Lipinski definition) is 4. The van der Waals surface area contributed by atoms with Crippen LogP contribution < -0.4 is 5.32 Å². The van der Waals surface area contributed by atoms with Gasteiger partial charge in [-0.05, 0) is 26.2 Å². The van der Waals surface area contributed by atoms with Crippen LogP contribution in [0.4, 0.5) is 0 Å². The molecule has 88 valence electrons. The van der Waals surface area contributed by atoms with E-state index >= 15 is 0 Å². The summed E-state index contributed by atoms with van der Waals surface area (Å²) in [5.41, 5.74) is -0.583. The molecule has 1 fully saturated rings. The van der Waals surface area contributed by atoms with Crippen LogP contribution in [0.1, 0.15) is 33.1 Å². The molecule has 0 aromatic carbocycles. The first-order chi connectivity index (χ1) is 7.12. The summed E-state index contributed by atoms with van der Waals surface area (Å²) >= 11 is 0. The molecule has 1 heterocycles. The van der Waals surface area contributed by atoms with E-state index in [1.54, 1.807) is 0 Å². The van der Waals surface area contributed by atoms with Crippen molar-refractivity contribution in [3.8, 4) is 0 Å². The van der Waals surface area contributed by atoms with E-state index in [1.165, 1.54) is 7.11 Å². The molecular weight excluding hydrogens is 194 g/mol. The largest absolute Gasteiger partial charge is 0.468 e. The molecule has 0 amide bonds. The van der Waals surface area contributed by atoms with Gasteiger partial charge in [-0.3, -0.25) is 10.1 Å². The first kappa shape index (κ1) is 12.5. The van der Waals surface area contributed by atoms with Crippen molar-refractivity contribution in [2.75, 3.05) is 20.3 Å². The Morgan fingerprint density at radius 3 is 2.87 bits per heavy atom. The molecule has 0 saturated carbocycles. The van der Waals surface area contributed by atoms with Gasteiger partial charge in [0.1, 0.15) is 5.54 Å². The van der Waals surface area contributed by atoms with Crippen molar-refractivity contribution >= 4 is 5.97 Å². The molecule has 1 aliphatic heterocycles. The zero-order valence-corrected chi connectivity index (χ0v) is 9.84. The van der Waals surface area contributed by atoms with Gasteiger partial charge >= 0.3 is 5.97 Å². The zero-order valence-electron chi connectivity index (χ0n) is 9.84. The van der Waals surface area contributed by atoms with E-state index in [9.17, 15) is 4.79 Å². The second-order valence-corrected chi connectivity index (χ2v) is 4.19. The third-order valence-corrected chi connectivity index (χ3v) is 3.09. The number of ether oxygens (including phenoxy) is 2. The van der Waals surface area contributed by atoms with Crippen LogP contribution in [0.15, 0.2) is 0 Å². The molecule has 0 unspecified atom stereocenters. The summed E-state index contributed by atoms with van der Waals surface area (Å²) in [5, 5.41) is 3.24. The van der Waals surface area contributed by atoms with Crippen molar-refractivity contribution < 1.29 is 14.3 Å². The Bertz CT molecular complexity index is 214. The second-order valence-electron chi connectivity index (χ2n) is 4.19. The van der Waals surface area contributed by atoms with E-state index in [0.29, 0.717) is 6.42 Å². The average Bonchev–Trinajstić information content (AvgIpc) is 2.77. The Balaban J connectivity index is 2.41. The minimum atomic E-state index is -0.583. The van der Waals surface area contributed by atoms with Gasteiger partial charge in [0.15, 0.2) is 0 Å². The Morgan fingerprint density at radius 1 is 1.67 bits per heavy atom. The first-order valence-electron chi connectivity index (χ1n) is 5.57. The van der Waals surface area contributed by atoms with E-state index in [1.807, 2.05) is 13.8 Å². The Kier molecular flexibility index (Phi) is 4.54. The van der Waals surface area contributed by atoms with Gasteiger partial charge in [0.25, 0.3) is 0 Å². The van der Waals surface area contributed by atoms with Crippen molar-refractivity contribution in [1.82, 2.24) is 5.32 Å². The average molecular weight is 215 g/mol. The van der Waals surface area contributed by atoms with Crippen molar-refractivity contribution in [2.45, 2.75) is 44.8 Å². The molecular formula is C11H21NO3. The van der Waals surface area contributed by atoms with Crippen LogP contribution in [0, 0.1) is 0 Å². The molecule has 0 bridgehead atoms. The van der Waals surface area contributed by atoms with E-state index in [4.69, 9.17) is 9.47 Å². The van der Waals surface area contributed by atoms with E-state index in [0.717, 1.165) is 26.0 Å². The van der Waals surface area contributed by atoms with Gasteiger partial charge < -0.3 is 9.47 Å². The molecule has 0 aromatic heterocycles.